The quantitative estimate of drug-likeness (QED) is 0.868. The van der Waals surface area contributed by atoms with Crippen molar-refractivity contribution < 1.29 is 4.79 Å². The standard InChI is InChI=1S/C13H18Cl2N2O.ClH/c1-3-13(4-2,8-16)17-12(18)9-6-5-7-10(14)11(9)15;/h5-7H,3-4,8,16H2,1-2H3,(H,17,18);1H. The summed E-state index contributed by atoms with van der Waals surface area (Å²) >= 11 is 11.9. The lowest BCUT2D eigenvalue weighted by Gasteiger charge is -2.31. The largest absolute Gasteiger partial charge is 0.345 e. The lowest BCUT2D eigenvalue weighted by molar-refractivity contribution is 0.0895. The van der Waals surface area contributed by atoms with Gasteiger partial charge in [-0.25, -0.2) is 0 Å². The summed E-state index contributed by atoms with van der Waals surface area (Å²) in [5.41, 5.74) is 5.74. The smallest absolute Gasteiger partial charge is 0.253 e. The number of carbonyl (C=O) groups is 1. The molecule has 1 amide bonds. The van der Waals surface area contributed by atoms with Crippen LogP contribution in [0.1, 0.15) is 37.0 Å². The topological polar surface area (TPSA) is 55.1 Å². The molecule has 1 aromatic carbocycles. The van der Waals surface area contributed by atoms with Gasteiger partial charge < -0.3 is 11.1 Å². The van der Waals surface area contributed by atoms with Gasteiger partial charge in [0.15, 0.2) is 0 Å². The fourth-order valence-corrected chi connectivity index (χ4v) is 2.14. The van der Waals surface area contributed by atoms with Crippen LogP contribution in [0.15, 0.2) is 18.2 Å². The summed E-state index contributed by atoms with van der Waals surface area (Å²) in [7, 11) is 0. The van der Waals surface area contributed by atoms with E-state index in [0.29, 0.717) is 17.1 Å². The van der Waals surface area contributed by atoms with Crippen LogP contribution < -0.4 is 11.1 Å². The zero-order chi connectivity index (χ0) is 13.8. The van der Waals surface area contributed by atoms with E-state index in [1.165, 1.54) is 0 Å². The molecular formula is C13H19Cl3N2O. The molecule has 0 spiro atoms. The lowest BCUT2D eigenvalue weighted by Crippen LogP contribution is -2.52. The van der Waals surface area contributed by atoms with Gasteiger partial charge in [0, 0.05) is 6.54 Å². The number of carbonyl (C=O) groups excluding carboxylic acids is 1. The molecule has 0 heterocycles. The van der Waals surface area contributed by atoms with Gasteiger partial charge in [-0.2, -0.15) is 0 Å². The van der Waals surface area contributed by atoms with Crippen LogP contribution in [0.5, 0.6) is 0 Å². The van der Waals surface area contributed by atoms with E-state index < -0.39 is 0 Å². The van der Waals surface area contributed by atoms with Gasteiger partial charge in [-0.1, -0.05) is 43.1 Å². The normalized spacial score (nSPS) is 10.8. The van der Waals surface area contributed by atoms with E-state index in [9.17, 15) is 4.79 Å². The first-order chi connectivity index (χ1) is 8.49. The van der Waals surface area contributed by atoms with Crippen LogP contribution in [0.3, 0.4) is 0 Å². The first kappa shape index (κ1) is 18.5. The van der Waals surface area contributed by atoms with Crippen LogP contribution in [0, 0.1) is 0 Å². The highest BCUT2D eigenvalue weighted by Crippen LogP contribution is 2.26. The summed E-state index contributed by atoms with van der Waals surface area (Å²) in [6, 6.07) is 5.00. The van der Waals surface area contributed by atoms with Crippen LogP contribution in [-0.4, -0.2) is 18.0 Å². The Hall–Kier alpha value is -0.480. The van der Waals surface area contributed by atoms with Crippen LogP contribution >= 0.6 is 35.6 Å². The number of hydrogen-bond donors (Lipinski definition) is 2. The molecule has 0 saturated carbocycles. The van der Waals surface area contributed by atoms with Crippen molar-refractivity contribution in [2.24, 2.45) is 5.73 Å². The summed E-state index contributed by atoms with van der Waals surface area (Å²) in [6.45, 7) is 4.39. The maximum Gasteiger partial charge on any atom is 0.253 e. The third-order valence-electron chi connectivity index (χ3n) is 3.32. The van der Waals surface area contributed by atoms with E-state index in [1.54, 1.807) is 18.2 Å². The van der Waals surface area contributed by atoms with Crippen molar-refractivity contribution in [1.82, 2.24) is 5.32 Å². The number of halogens is 3. The number of rotatable bonds is 5. The van der Waals surface area contributed by atoms with Crippen molar-refractivity contribution in [2.75, 3.05) is 6.54 Å². The van der Waals surface area contributed by atoms with E-state index in [1.807, 2.05) is 13.8 Å². The number of nitrogens with two attached hydrogens (primary N) is 1. The van der Waals surface area contributed by atoms with E-state index >= 15 is 0 Å². The van der Waals surface area contributed by atoms with E-state index in [-0.39, 0.29) is 28.9 Å². The van der Waals surface area contributed by atoms with Gasteiger partial charge in [-0.3, -0.25) is 4.79 Å². The van der Waals surface area contributed by atoms with Crippen LogP contribution in [0.4, 0.5) is 0 Å². The Kier molecular flexibility index (Phi) is 7.75. The summed E-state index contributed by atoms with van der Waals surface area (Å²) < 4.78 is 0. The van der Waals surface area contributed by atoms with Crippen LogP contribution in [0.2, 0.25) is 10.0 Å². The van der Waals surface area contributed by atoms with Gasteiger partial charge >= 0.3 is 0 Å². The molecule has 1 rings (SSSR count). The Balaban J connectivity index is 0.00000324. The maximum atomic E-state index is 12.2. The molecule has 3 nitrogen and oxygen atoms in total. The van der Waals surface area contributed by atoms with Crippen LogP contribution in [0.25, 0.3) is 0 Å². The Morgan fingerprint density at radius 2 is 1.89 bits per heavy atom. The first-order valence-electron chi connectivity index (χ1n) is 5.96. The molecule has 0 unspecified atom stereocenters. The zero-order valence-electron chi connectivity index (χ0n) is 11.0. The fourth-order valence-electron chi connectivity index (χ4n) is 1.75. The predicted molar refractivity (Wildman–Crippen MR) is 83.5 cm³/mol. The zero-order valence-corrected chi connectivity index (χ0v) is 13.3. The molecule has 108 valence electrons. The Morgan fingerprint density at radius 3 is 2.37 bits per heavy atom. The Labute approximate surface area is 130 Å². The average Bonchev–Trinajstić information content (AvgIpc) is 2.39. The summed E-state index contributed by atoms with van der Waals surface area (Å²) in [5, 5.41) is 3.60. The molecule has 6 heteroatoms. The SMILES string of the molecule is CCC(CC)(CN)NC(=O)c1cccc(Cl)c1Cl.Cl. The molecule has 0 radical (unpaired) electrons. The molecular weight excluding hydrogens is 307 g/mol. The molecule has 0 saturated heterocycles. The van der Waals surface area contributed by atoms with Gasteiger partial charge in [0.05, 0.1) is 21.1 Å². The first-order valence-corrected chi connectivity index (χ1v) is 6.72. The fraction of sp³-hybridized carbons (Fsp3) is 0.462. The minimum atomic E-state index is -0.386. The summed E-state index contributed by atoms with van der Waals surface area (Å²) in [4.78, 5) is 12.2. The second-order valence-electron chi connectivity index (χ2n) is 4.25. The minimum absolute atomic E-state index is 0. The lowest BCUT2D eigenvalue weighted by atomic mass is 9.92. The molecule has 0 aliphatic heterocycles. The molecule has 0 aliphatic carbocycles. The highest BCUT2D eigenvalue weighted by Gasteiger charge is 2.27. The summed E-state index contributed by atoms with van der Waals surface area (Å²) in [6.07, 6.45) is 1.54. The molecule has 19 heavy (non-hydrogen) atoms. The monoisotopic (exact) mass is 324 g/mol. The van der Waals surface area contributed by atoms with Gasteiger partial charge in [0.25, 0.3) is 5.91 Å². The van der Waals surface area contributed by atoms with Gasteiger partial charge in [-0.15, -0.1) is 12.4 Å². The average molecular weight is 326 g/mol. The number of hydrogen-bond acceptors (Lipinski definition) is 2. The second-order valence-corrected chi connectivity index (χ2v) is 5.03. The molecule has 0 aromatic heterocycles. The highest BCUT2D eigenvalue weighted by molar-refractivity contribution is 6.43. The number of nitrogens with one attached hydrogen (secondary N) is 1. The van der Waals surface area contributed by atoms with Crippen molar-refractivity contribution in [3.05, 3.63) is 33.8 Å². The third kappa shape index (κ3) is 4.25. The van der Waals surface area contributed by atoms with Crippen molar-refractivity contribution in [1.29, 1.82) is 0 Å². The number of benzene rings is 1. The number of amides is 1. The van der Waals surface area contributed by atoms with Crippen molar-refractivity contribution in [3.8, 4) is 0 Å². The van der Waals surface area contributed by atoms with E-state index in [4.69, 9.17) is 28.9 Å². The molecule has 0 bridgehead atoms. The Bertz CT molecular complexity index is 426. The van der Waals surface area contributed by atoms with Gasteiger partial charge in [0.1, 0.15) is 0 Å². The second kappa shape index (κ2) is 7.95. The predicted octanol–water partition coefficient (Wildman–Crippen LogP) is 3.66. The van der Waals surface area contributed by atoms with E-state index in [0.717, 1.165) is 12.8 Å². The molecule has 0 atom stereocenters. The Morgan fingerprint density at radius 1 is 1.32 bits per heavy atom. The maximum absolute atomic E-state index is 12.2. The van der Waals surface area contributed by atoms with Gasteiger partial charge in [0.2, 0.25) is 0 Å². The van der Waals surface area contributed by atoms with Crippen molar-refractivity contribution in [2.45, 2.75) is 32.2 Å². The molecule has 3 N–H and O–H groups in total. The van der Waals surface area contributed by atoms with Crippen molar-refractivity contribution in [3.63, 3.8) is 0 Å². The minimum Gasteiger partial charge on any atom is -0.345 e. The molecule has 0 fully saturated rings. The highest BCUT2D eigenvalue weighted by atomic mass is 35.5. The van der Waals surface area contributed by atoms with Crippen molar-refractivity contribution >= 4 is 41.5 Å². The van der Waals surface area contributed by atoms with Crippen LogP contribution in [-0.2, 0) is 0 Å². The summed E-state index contributed by atoms with van der Waals surface area (Å²) in [5.74, 6) is -0.239. The van der Waals surface area contributed by atoms with E-state index in [2.05, 4.69) is 5.32 Å². The molecule has 1 aromatic rings. The molecule has 0 aliphatic rings. The third-order valence-corrected chi connectivity index (χ3v) is 4.14. The van der Waals surface area contributed by atoms with Gasteiger partial charge in [-0.05, 0) is 25.0 Å².